The molecular formula is C14H13F3N2O5. The van der Waals surface area contributed by atoms with E-state index in [0.717, 1.165) is 24.3 Å². The highest BCUT2D eigenvalue weighted by Crippen LogP contribution is 2.30. The van der Waals surface area contributed by atoms with Crippen LogP contribution >= 0.6 is 0 Å². The third kappa shape index (κ3) is 4.02. The van der Waals surface area contributed by atoms with Gasteiger partial charge < -0.3 is 15.2 Å². The van der Waals surface area contributed by atoms with Crippen LogP contribution in [-0.4, -0.2) is 29.2 Å². The van der Waals surface area contributed by atoms with E-state index in [1.807, 2.05) is 0 Å². The highest BCUT2D eigenvalue weighted by Gasteiger charge is 2.34. The van der Waals surface area contributed by atoms with Gasteiger partial charge in [0.05, 0.1) is 17.1 Å². The molecule has 0 bridgehead atoms. The van der Waals surface area contributed by atoms with Gasteiger partial charge in [0.1, 0.15) is 0 Å². The largest absolute Gasteiger partial charge is 0.505 e. The molecule has 130 valence electrons. The number of carbonyl (C=O) groups is 1. The van der Waals surface area contributed by atoms with E-state index in [1.54, 1.807) is 0 Å². The monoisotopic (exact) mass is 346 g/mol. The minimum Gasteiger partial charge on any atom is -0.505 e. The van der Waals surface area contributed by atoms with Crippen molar-refractivity contribution < 1.29 is 32.7 Å². The van der Waals surface area contributed by atoms with Crippen molar-refractivity contribution in [1.29, 1.82) is 0 Å². The lowest BCUT2D eigenvalue weighted by atomic mass is 10.0. The van der Waals surface area contributed by atoms with Crippen LogP contribution in [0.3, 0.4) is 0 Å². The number of alkyl halides is 3. The molecule has 2 rings (SSSR count). The summed E-state index contributed by atoms with van der Waals surface area (Å²) in [4.78, 5) is 22.0. The van der Waals surface area contributed by atoms with Crippen molar-refractivity contribution in [1.82, 2.24) is 0 Å². The number of nitrogens with one attached hydrogen (secondary N) is 1. The Morgan fingerprint density at radius 3 is 2.42 bits per heavy atom. The molecule has 1 aromatic carbocycles. The van der Waals surface area contributed by atoms with Crippen LogP contribution in [0.2, 0.25) is 0 Å². The van der Waals surface area contributed by atoms with Gasteiger partial charge in [0.25, 0.3) is 0 Å². The fourth-order valence-electron chi connectivity index (χ4n) is 2.17. The van der Waals surface area contributed by atoms with Crippen LogP contribution < -0.4 is 5.32 Å². The lowest BCUT2D eigenvalue weighted by Crippen LogP contribution is -2.24. The molecule has 0 aliphatic carbocycles. The summed E-state index contributed by atoms with van der Waals surface area (Å²) in [5, 5.41) is 23.1. The summed E-state index contributed by atoms with van der Waals surface area (Å²) in [7, 11) is 0. The molecule has 0 radical (unpaired) electrons. The zero-order chi connectivity index (χ0) is 17.9. The summed E-state index contributed by atoms with van der Waals surface area (Å²) >= 11 is 0. The molecule has 1 aliphatic rings. The molecule has 10 heteroatoms. The predicted molar refractivity (Wildman–Crippen MR) is 75.6 cm³/mol. The minimum atomic E-state index is -4.53. The summed E-state index contributed by atoms with van der Waals surface area (Å²) in [6.07, 6.45) is -4.20. The van der Waals surface area contributed by atoms with Gasteiger partial charge in [0.2, 0.25) is 0 Å². The maximum Gasteiger partial charge on any atom is 0.416 e. The van der Waals surface area contributed by atoms with Gasteiger partial charge in [0, 0.05) is 18.2 Å². The summed E-state index contributed by atoms with van der Waals surface area (Å²) < 4.78 is 42.4. The minimum absolute atomic E-state index is 0.0523. The Balaban J connectivity index is 2.19. The fourth-order valence-corrected chi connectivity index (χ4v) is 2.17. The SMILES string of the molecule is O=C(Nc1ccc(C(F)(F)F)cc1)/C(=C(\O)C1CCOC1)[N+](=O)[O-]. The van der Waals surface area contributed by atoms with Crippen LogP contribution in [0.1, 0.15) is 12.0 Å². The van der Waals surface area contributed by atoms with Gasteiger partial charge >= 0.3 is 17.8 Å². The molecule has 1 unspecified atom stereocenters. The van der Waals surface area contributed by atoms with E-state index in [4.69, 9.17) is 4.74 Å². The number of anilines is 1. The van der Waals surface area contributed by atoms with Gasteiger partial charge in [-0.05, 0) is 30.7 Å². The van der Waals surface area contributed by atoms with E-state index in [-0.39, 0.29) is 12.3 Å². The molecule has 0 aromatic heterocycles. The molecule has 1 heterocycles. The number of ether oxygens (including phenoxy) is 1. The van der Waals surface area contributed by atoms with Crippen molar-refractivity contribution in [3.63, 3.8) is 0 Å². The number of hydrogen-bond donors (Lipinski definition) is 2. The number of halogens is 3. The van der Waals surface area contributed by atoms with Gasteiger partial charge in [-0.2, -0.15) is 13.2 Å². The Labute approximate surface area is 133 Å². The highest BCUT2D eigenvalue weighted by atomic mass is 19.4. The van der Waals surface area contributed by atoms with Gasteiger partial charge in [-0.3, -0.25) is 14.9 Å². The third-order valence-electron chi connectivity index (χ3n) is 3.43. The number of carbonyl (C=O) groups excluding carboxylic acids is 1. The number of hydrogen-bond acceptors (Lipinski definition) is 5. The molecule has 1 aromatic rings. The second-order valence-electron chi connectivity index (χ2n) is 5.08. The molecule has 1 aliphatic heterocycles. The first-order valence-electron chi connectivity index (χ1n) is 6.84. The van der Waals surface area contributed by atoms with Gasteiger partial charge in [-0.15, -0.1) is 0 Å². The fraction of sp³-hybridized carbons (Fsp3) is 0.357. The Bertz CT molecular complexity index is 664. The predicted octanol–water partition coefficient (Wildman–Crippen LogP) is 2.73. The first-order valence-corrected chi connectivity index (χ1v) is 6.84. The van der Waals surface area contributed by atoms with Crippen molar-refractivity contribution in [2.75, 3.05) is 18.5 Å². The number of amides is 1. The molecule has 1 atom stereocenters. The molecule has 7 nitrogen and oxygen atoms in total. The number of nitrogens with zero attached hydrogens (tertiary/aromatic N) is 1. The van der Waals surface area contributed by atoms with Crippen LogP contribution in [0.25, 0.3) is 0 Å². The summed E-state index contributed by atoms with van der Waals surface area (Å²) in [5.41, 5.74) is -2.04. The van der Waals surface area contributed by atoms with Crippen LogP contribution in [0, 0.1) is 16.0 Å². The molecule has 0 spiro atoms. The molecule has 2 N–H and O–H groups in total. The second kappa shape index (κ2) is 6.87. The summed E-state index contributed by atoms with van der Waals surface area (Å²) in [6, 6.07) is 3.40. The zero-order valence-electron chi connectivity index (χ0n) is 12.2. The maximum atomic E-state index is 12.5. The van der Waals surface area contributed by atoms with E-state index in [9.17, 15) is 33.2 Å². The first kappa shape index (κ1) is 17.7. The van der Waals surface area contributed by atoms with E-state index >= 15 is 0 Å². The molecule has 24 heavy (non-hydrogen) atoms. The van der Waals surface area contributed by atoms with Crippen LogP contribution in [-0.2, 0) is 15.7 Å². The second-order valence-corrected chi connectivity index (χ2v) is 5.08. The van der Waals surface area contributed by atoms with Crippen molar-refractivity contribution in [2.24, 2.45) is 5.92 Å². The number of aliphatic hydroxyl groups excluding tert-OH is 1. The van der Waals surface area contributed by atoms with Gasteiger partial charge in [-0.25, -0.2) is 0 Å². The smallest absolute Gasteiger partial charge is 0.416 e. The number of nitro groups is 1. The highest BCUT2D eigenvalue weighted by molar-refractivity contribution is 6.02. The average Bonchev–Trinajstić information content (AvgIpc) is 3.00. The van der Waals surface area contributed by atoms with E-state index < -0.39 is 39.9 Å². The van der Waals surface area contributed by atoms with E-state index in [2.05, 4.69) is 5.32 Å². The van der Waals surface area contributed by atoms with Crippen molar-refractivity contribution >= 4 is 11.6 Å². The van der Waals surface area contributed by atoms with Crippen molar-refractivity contribution in [3.05, 3.63) is 51.4 Å². The lowest BCUT2D eigenvalue weighted by molar-refractivity contribution is -0.422. The maximum absolute atomic E-state index is 12.5. The third-order valence-corrected chi connectivity index (χ3v) is 3.43. The standard InChI is InChI=1S/C14H13F3N2O5/c15-14(16,17)9-1-3-10(4-2-9)18-13(21)11(19(22)23)12(20)8-5-6-24-7-8/h1-4,8,20H,5-7H2,(H,18,21)/b12-11+. The topological polar surface area (TPSA) is 102 Å². The molecule has 1 saturated heterocycles. The number of aliphatic hydroxyl groups is 1. The first-order chi connectivity index (χ1) is 11.2. The number of rotatable bonds is 4. The van der Waals surface area contributed by atoms with Crippen LogP contribution in [0.15, 0.2) is 35.7 Å². The van der Waals surface area contributed by atoms with Crippen LogP contribution in [0.4, 0.5) is 18.9 Å². The zero-order valence-corrected chi connectivity index (χ0v) is 12.2. The average molecular weight is 346 g/mol. The summed E-state index contributed by atoms with van der Waals surface area (Å²) in [5.74, 6) is -2.59. The van der Waals surface area contributed by atoms with Crippen LogP contribution in [0.5, 0.6) is 0 Å². The van der Waals surface area contributed by atoms with E-state index in [1.165, 1.54) is 0 Å². The van der Waals surface area contributed by atoms with Crippen molar-refractivity contribution in [3.8, 4) is 0 Å². The molecular weight excluding hydrogens is 333 g/mol. The Kier molecular flexibility index (Phi) is 5.07. The number of benzene rings is 1. The Morgan fingerprint density at radius 2 is 1.96 bits per heavy atom. The normalized spacial score (nSPS) is 18.9. The van der Waals surface area contributed by atoms with E-state index in [0.29, 0.717) is 13.0 Å². The Hall–Kier alpha value is -2.62. The quantitative estimate of drug-likeness (QED) is 0.378. The molecule has 1 amide bonds. The molecule has 1 fully saturated rings. The molecule has 0 saturated carbocycles. The Morgan fingerprint density at radius 1 is 1.33 bits per heavy atom. The van der Waals surface area contributed by atoms with Gasteiger partial charge in [0.15, 0.2) is 5.76 Å². The summed E-state index contributed by atoms with van der Waals surface area (Å²) in [6.45, 7) is 0.358. The van der Waals surface area contributed by atoms with Gasteiger partial charge in [-0.1, -0.05) is 0 Å². The van der Waals surface area contributed by atoms with Crippen molar-refractivity contribution in [2.45, 2.75) is 12.6 Å². The lowest BCUT2D eigenvalue weighted by Gasteiger charge is -2.10.